The molecule has 5 heteroatoms. The van der Waals surface area contributed by atoms with Crippen LogP contribution in [0.5, 0.6) is 0 Å². The van der Waals surface area contributed by atoms with Crippen LogP contribution in [0, 0.1) is 13.8 Å². The maximum absolute atomic E-state index is 13.5. The number of aryl methyl sites for hydroxylation is 3. The smallest absolute Gasteiger partial charge is 0.303 e. The summed E-state index contributed by atoms with van der Waals surface area (Å²) in [4.78, 5) is 39.0. The number of hydrogen-bond acceptors (Lipinski definition) is 3. The number of rotatable bonds is 8. The monoisotopic (exact) mass is 503 g/mol. The summed E-state index contributed by atoms with van der Waals surface area (Å²) in [6, 6.07) is 29.4. The molecule has 2 amide bonds. The normalized spacial score (nSPS) is 10.9. The molecule has 4 rings (SSSR count). The number of carbonyl (C=O) groups is 3. The maximum Gasteiger partial charge on any atom is 0.303 e. The van der Waals surface area contributed by atoms with E-state index in [0.29, 0.717) is 23.2 Å². The molecule has 38 heavy (non-hydrogen) atoms. The Morgan fingerprint density at radius 3 is 1.47 bits per heavy atom. The third-order valence-electron chi connectivity index (χ3n) is 6.23. The lowest BCUT2D eigenvalue weighted by atomic mass is 10.1. The third-order valence-corrected chi connectivity index (χ3v) is 6.23. The largest absolute Gasteiger partial charge is 0.481 e. The van der Waals surface area contributed by atoms with Crippen molar-refractivity contribution < 1.29 is 19.5 Å². The minimum Gasteiger partial charge on any atom is -0.481 e. The van der Waals surface area contributed by atoms with Gasteiger partial charge in [0.1, 0.15) is 0 Å². The molecule has 4 aromatic rings. The zero-order valence-electron chi connectivity index (χ0n) is 21.4. The van der Waals surface area contributed by atoms with E-state index in [1.807, 2.05) is 86.7 Å². The van der Waals surface area contributed by atoms with Crippen molar-refractivity contribution in [3.8, 4) is 0 Å². The second kappa shape index (κ2) is 12.0. The number of aliphatic carboxylic acids is 1. The Kier molecular flexibility index (Phi) is 8.29. The molecule has 5 nitrogen and oxygen atoms in total. The standard InChI is InChI=1S/C33H29NO4/c1-23-3-16-28(17-4-23)32(37)34(33(38)29-18-5-24(2)6-19-29)30-20-13-27(14-21-30)12-9-25-7-10-26(11-8-25)15-22-31(35)36/h3-14,16-21H,15,22H2,1-2H3,(H,35,36). The molecule has 0 heterocycles. The average molecular weight is 504 g/mol. The molecule has 0 fully saturated rings. The van der Waals surface area contributed by atoms with Crippen LogP contribution in [0.4, 0.5) is 5.69 Å². The summed E-state index contributed by atoms with van der Waals surface area (Å²) in [5.41, 5.74) is 6.30. The molecule has 0 aromatic heterocycles. The number of carbonyl (C=O) groups excluding carboxylic acids is 2. The lowest BCUT2D eigenvalue weighted by Gasteiger charge is -2.21. The summed E-state index contributed by atoms with van der Waals surface area (Å²) < 4.78 is 0. The van der Waals surface area contributed by atoms with Gasteiger partial charge < -0.3 is 5.11 Å². The number of nitrogens with zero attached hydrogens (tertiary/aromatic N) is 1. The quantitative estimate of drug-likeness (QED) is 0.208. The first-order chi connectivity index (χ1) is 18.3. The molecular weight excluding hydrogens is 474 g/mol. The number of amides is 2. The SMILES string of the molecule is Cc1ccc(C(=O)N(C(=O)c2ccc(C)cc2)c2ccc(C=Cc3ccc(CCC(=O)O)cc3)cc2)cc1. The van der Waals surface area contributed by atoms with Crippen LogP contribution in [-0.4, -0.2) is 22.9 Å². The van der Waals surface area contributed by atoms with Crippen molar-refractivity contribution in [1.82, 2.24) is 0 Å². The first kappa shape index (κ1) is 26.3. The van der Waals surface area contributed by atoms with Crippen LogP contribution in [0.15, 0.2) is 97.1 Å². The van der Waals surface area contributed by atoms with Gasteiger partial charge in [0.2, 0.25) is 0 Å². The van der Waals surface area contributed by atoms with Crippen molar-refractivity contribution >= 4 is 35.6 Å². The average Bonchev–Trinajstić information content (AvgIpc) is 2.93. The van der Waals surface area contributed by atoms with Crippen LogP contribution < -0.4 is 4.90 Å². The Balaban J connectivity index is 1.56. The van der Waals surface area contributed by atoms with Crippen molar-refractivity contribution in [3.05, 3.63) is 136 Å². The highest BCUT2D eigenvalue weighted by Gasteiger charge is 2.26. The molecule has 4 aromatic carbocycles. The molecule has 0 saturated carbocycles. The minimum absolute atomic E-state index is 0.109. The summed E-state index contributed by atoms with van der Waals surface area (Å²) in [6.45, 7) is 3.90. The Hall–Kier alpha value is -4.77. The number of anilines is 1. The van der Waals surface area contributed by atoms with Crippen LogP contribution in [-0.2, 0) is 11.2 Å². The van der Waals surface area contributed by atoms with Gasteiger partial charge in [0.05, 0.1) is 5.69 Å². The number of imide groups is 1. The van der Waals surface area contributed by atoms with Crippen molar-refractivity contribution in [2.75, 3.05) is 4.90 Å². The van der Waals surface area contributed by atoms with E-state index in [-0.39, 0.29) is 18.2 Å². The fraction of sp³-hybridized carbons (Fsp3) is 0.121. The van der Waals surface area contributed by atoms with E-state index in [2.05, 4.69) is 0 Å². The Bertz CT molecular complexity index is 1390. The molecule has 190 valence electrons. The first-order valence-electron chi connectivity index (χ1n) is 12.4. The maximum atomic E-state index is 13.5. The van der Waals surface area contributed by atoms with E-state index in [1.165, 1.54) is 4.90 Å². The summed E-state index contributed by atoms with van der Waals surface area (Å²) in [7, 11) is 0. The first-order valence-corrected chi connectivity index (χ1v) is 12.4. The van der Waals surface area contributed by atoms with Gasteiger partial charge in [-0.2, -0.15) is 0 Å². The molecule has 0 atom stereocenters. The van der Waals surface area contributed by atoms with E-state index in [9.17, 15) is 14.4 Å². The Morgan fingerprint density at radius 1 is 0.632 bits per heavy atom. The lowest BCUT2D eigenvalue weighted by molar-refractivity contribution is -0.136. The van der Waals surface area contributed by atoms with Crippen LogP contribution >= 0.6 is 0 Å². The van der Waals surface area contributed by atoms with Gasteiger partial charge in [0.15, 0.2) is 0 Å². The lowest BCUT2D eigenvalue weighted by Crippen LogP contribution is -2.37. The third kappa shape index (κ3) is 6.71. The molecule has 0 aliphatic carbocycles. The molecular formula is C33H29NO4. The van der Waals surface area contributed by atoms with Crippen molar-refractivity contribution in [2.45, 2.75) is 26.7 Å². The van der Waals surface area contributed by atoms with Crippen molar-refractivity contribution in [3.63, 3.8) is 0 Å². The number of carboxylic acid groups (broad SMARTS) is 1. The molecule has 0 aliphatic rings. The fourth-order valence-corrected chi connectivity index (χ4v) is 3.95. The van der Waals surface area contributed by atoms with Crippen LogP contribution in [0.2, 0.25) is 0 Å². The van der Waals surface area contributed by atoms with E-state index in [4.69, 9.17) is 5.11 Å². The highest BCUT2D eigenvalue weighted by atomic mass is 16.4. The summed E-state index contributed by atoms with van der Waals surface area (Å²) in [5, 5.41) is 8.84. The Labute approximate surface area is 222 Å². The molecule has 0 saturated heterocycles. The van der Waals surface area contributed by atoms with Crippen molar-refractivity contribution in [1.29, 1.82) is 0 Å². The van der Waals surface area contributed by atoms with Gasteiger partial charge in [-0.25, -0.2) is 4.90 Å². The second-order valence-corrected chi connectivity index (χ2v) is 9.24. The predicted molar refractivity (Wildman–Crippen MR) is 151 cm³/mol. The number of hydrogen-bond donors (Lipinski definition) is 1. The number of benzene rings is 4. The van der Waals surface area contributed by atoms with E-state index in [0.717, 1.165) is 27.8 Å². The van der Waals surface area contributed by atoms with Gasteiger partial charge in [-0.3, -0.25) is 14.4 Å². The van der Waals surface area contributed by atoms with E-state index >= 15 is 0 Å². The van der Waals surface area contributed by atoms with Gasteiger partial charge in [0, 0.05) is 17.5 Å². The fourth-order valence-electron chi connectivity index (χ4n) is 3.95. The molecule has 0 radical (unpaired) electrons. The van der Waals surface area contributed by atoms with Gasteiger partial charge >= 0.3 is 5.97 Å². The number of carboxylic acids is 1. The van der Waals surface area contributed by atoms with Crippen LogP contribution in [0.25, 0.3) is 12.2 Å². The second-order valence-electron chi connectivity index (χ2n) is 9.24. The summed E-state index contributed by atoms with van der Waals surface area (Å²) >= 11 is 0. The zero-order chi connectivity index (χ0) is 27.1. The summed E-state index contributed by atoms with van der Waals surface area (Å²) in [6.07, 6.45) is 4.52. The highest BCUT2D eigenvalue weighted by molar-refractivity contribution is 6.25. The van der Waals surface area contributed by atoms with E-state index in [1.54, 1.807) is 36.4 Å². The zero-order valence-corrected chi connectivity index (χ0v) is 21.4. The highest BCUT2D eigenvalue weighted by Crippen LogP contribution is 2.23. The van der Waals surface area contributed by atoms with Crippen LogP contribution in [0.1, 0.15) is 55.0 Å². The molecule has 0 bridgehead atoms. The topological polar surface area (TPSA) is 74.7 Å². The Morgan fingerprint density at radius 2 is 1.05 bits per heavy atom. The van der Waals surface area contributed by atoms with Crippen molar-refractivity contribution in [2.24, 2.45) is 0 Å². The molecule has 1 N–H and O–H groups in total. The van der Waals surface area contributed by atoms with E-state index < -0.39 is 5.97 Å². The predicted octanol–water partition coefficient (Wildman–Crippen LogP) is 6.98. The van der Waals surface area contributed by atoms with Crippen LogP contribution in [0.3, 0.4) is 0 Å². The van der Waals surface area contributed by atoms with Gasteiger partial charge in [-0.1, -0.05) is 83.9 Å². The van der Waals surface area contributed by atoms with Gasteiger partial charge in [-0.05, 0) is 73.4 Å². The summed E-state index contributed by atoms with van der Waals surface area (Å²) in [5.74, 6) is -1.58. The molecule has 0 spiro atoms. The molecule has 0 aliphatic heterocycles. The van der Waals surface area contributed by atoms with Gasteiger partial charge in [0.25, 0.3) is 11.8 Å². The minimum atomic E-state index is -0.808. The molecule has 0 unspecified atom stereocenters. The van der Waals surface area contributed by atoms with Gasteiger partial charge in [-0.15, -0.1) is 0 Å².